The van der Waals surface area contributed by atoms with E-state index in [1.807, 2.05) is 0 Å². The number of carbonyl (C=O) groups excluding carboxylic acids is 1. The van der Waals surface area contributed by atoms with E-state index in [0.29, 0.717) is 18.7 Å². The molecule has 2 heterocycles. The van der Waals surface area contributed by atoms with Crippen molar-refractivity contribution in [3.63, 3.8) is 0 Å². The van der Waals surface area contributed by atoms with Crippen LogP contribution in [0.3, 0.4) is 0 Å². The maximum atomic E-state index is 11.8. The van der Waals surface area contributed by atoms with Crippen molar-refractivity contribution in [2.45, 2.75) is 32.4 Å². The van der Waals surface area contributed by atoms with Gasteiger partial charge in [0.2, 0.25) is 0 Å². The molecule has 1 N–H and O–H groups in total. The number of ether oxygens (including phenoxy) is 1. The van der Waals surface area contributed by atoms with E-state index in [1.54, 1.807) is 42.7 Å². The highest BCUT2D eigenvalue weighted by molar-refractivity contribution is 5.93. The lowest BCUT2D eigenvalue weighted by molar-refractivity contribution is 0.0594. The van der Waals surface area contributed by atoms with Gasteiger partial charge >= 0.3 is 5.97 Å². The summed E-state index contributed by atoms with van der Waals surface area (Å²) in [5.74, 6) is -0.552. The van der Waals surface area contributed by atoms with Gasteiger partial charge < -0.3 is 9.84 Å². The molecule has 8 heteroatoms. The molecule has 0 fully saturated rings. The van der Waals surface area contributed by atoms with E-state index < -0.39 is 11.6 Å². The molecule has 0 aliphatic rings. The van der Waals surface area contributed by atoms with Gasteiger partial charge in [0.15, 0.2) is 5.69 Å². The van der Waals surface area contributed by atoms with Crippen molar-refractivity contribution in [2.75, 3.05) is 7.11 Å². The quantitative estimate of drug-likeness (QED) is 0.812. The number of aromatic nitrogens is 5. The normalized spacial score (nSPS) is 11.7. The van der Waals surface area contributed by atoms with Crippen molar-refractivity contribution in [1.29, 1.82) is 0 Å². The lowest BCUT2D eigenvalue weighted by Crippen LogP contribution is -2.21. The largest absolute Gasteiger partial charge is 0.464 e. The van der Waals surface area contributed by atoms with Crippen LogP contribution in [0.2, 0.25) is 0 Å². The van der Waals surface area contributed by atoms with Crippen molar-refractivity contribution in [3.8, 4) is 11.3 Å². The molecule has 0 spiro atoms. The molecule has 0 radical (unpaired) electrons. The Bertz CT molecular complexity index is 639. The van der Waals surface area contributed by atoms with Crippen LogP contribution in [0.15, 0.2) is 12.4 Å². The van der Waals surface area contributed by atoms with E-state index >= 15 is 0 Å². The van der Waals surface area contributed by atoms with Crippen LogP contribution >= 0.6 is 0 Å². The molecule has 0 saturated carbocycles. The Balaban J connectivity index is 2.41. The summed E-state index contributed by atoms with van der Waals surface area (Å²) in [6.07, 6.45) is 3.88. The molecule has 21 heavy (non-hydrogen) atoms. The lowest BCUT2D eigenvalue weighted by atomic mass is 10.1. The topological polar surface area (TPSA) is 95.1 Å². The summed E-state index contributed by atoms with van der Waals surface area (Å²) >= 11 is 0. The molecule has 8 nitrogen and oxygen atoms in total. The zero-order valence-corrected chi connectivity index (χ0v) is 12.6. The Hall–Kier alpha value is -2.22. The van der Waals surface area contributed by atoms with Gasteiger partial charge in [0.05, 0.1) is 18.9 Å². The van der Waals surface area contributed by atoms with E-state index in [-0.39, 0.29) is 5.69 Å². The number of esters is 1. The predicted molar refractivity (Wildman–Crippen MR) is 74.5 cm³/mol. The molecule has 0 aromatic carbocycles. The molecular formula is C13H19N5O3. The second-order valence-electron chi connectivity index (χ2n) is 5.47. The minimum atomic E-state index is -0.830. The number of hydrogen-bond acceptors (Lipinski definition) is 6. The average molecular weight is 293 g/mol. The summed E-state index contributed by atoms with van der Waals surface area (Å²) in [4.78, 5) is 11.8. The molecule has 0 saturated heterocycles. The van der Waals surface area contributed by atoms with E-state index in [1.165, 1.54) is 7.11 Å². The molecule has 0 atom stereocenters. The van der Waals surface area contributed by atoms with E-state index in [9.17, 15) is 9.90 Å². The van der Waals surface area contributed by atoms with Crippen LogP contribution in [0.25, 0.3) is 11.3 Å². The Kier molecular flexibility index (Phi) is 4.08. The average Bonchev–Trinajstić information content (AvgIpc) is 3.00. The number of rotatable bonds is 5. The predicted octanol–water partition coefficient (Wildman–Crippen LogP) is 0.626. The van der Waals surface area contributed by atoms with Gasteiger partial charge in [0.25, 0.3) is 0 Å². The molecule has 0 aliphatic heterocycles. The zero-order chi connectivity index (χ0) is 15.6. The SMILES string of the molecule is COC(=O)c1nnn(CCC(C)(C)O)c1-c1cnn(C)c1. The van der Waals surface area contributed by atoms with Crippen LogP contribution < -0.4 is 0 Å². The number of methoxy groups -OCH3 is 1. The fourth-order valence-corrected chi connectivity index (χ4v) is 1.91. The third-order valence-corrected chi connectivity index (χ3v) is 3.03. The Morgan fingerprint density at radius 1 is 1.48 bits per heavy atom. The first kappa shape index (κ1) is 15.2. The lowest BCUT2D eigenvalue weighted by Gasteiger charge is -2.17. The van der Waals surface area contributed by atoms with Crippen LogP contribution in [-0.4, -0.2) is 48.6 Å². The first-order chi connectivity index (χ1) is 9.81. The highest BCUT2D eigenvalue weighted by atomic mass is 16.5. The Labute approximate surface area is 122 Å². The third-order valence-electron chi connectivity index (χ3n) is 3.03. The summed E-state index contributed by atoms with van der Waals surface area (Å²) in [7, 11) is 3.08. The van der Waals surface area contributed by atoms with Gasteiger partial charge in [0, 0.05) is 25.4 Å². The first-order valence-corrected chi connectivity index (χ1v) is 6.55. The van der Waals surface area contributed by atoms with Crippen LogP contribution in [0.1, 0.15) is 30.8 Å². The van der Waals surface area contributed by atoms with Gasteiger partial charge in [-0.15, -0.1) is 5.10 Å². The van der Waals surface area contributed by atoms with E-state index in [0.717, 1.165) is 5.56 Å². The van der Waals surface area contributed by atoms with Crippen LogP contribution in [0.4, 0.5) is 0 Å². The van der Waals surface area contributed by atoms with Gasteiger partial charge in [-0.25, -0.2) is 9.48 Å². The second-order valence-corrected chi connectivity index (χ2v) is 5.47. The van der Waals surface area contributed by atoms with Crippen LogP contribution in [-0.2, 0) is 18.3 Å². The van der Waals surface area contributed by atoms with E-state index in [2.05, 4.69) is 15.4 Å². The number of aliphatic hydroxyl groups is 1. The molecule has 114 valence electrons. The minimum absolute atomic E-state index is 0.140. The summed E-state index contributed by atoms with van der Waals surface area (Å²) in [6.45, 7) is 3.86. The number of aryl methyl sites for hydroxylation is 2. The Morgan fingerprint density at radius 2 is 2.19 bits per heavy atom. The van der Waals surface area contributed by atoms with Crippen LogP contribution in [0, 0.1) is 0 Å². The maximum Gasteiger partial charge on any atom is 0.360 e. The monoisotopic (exact) mass is 293 g/mol. The summed E-state index contributed by atoms with van der Waals surface area (Å²) in [5, 5.41) is 21.8. The second kappa shape index (κ2) is 5.65. The molecule has 0 unspecified atom stereocenters. The molecule has 2 rings (SSSR count). The summed E-state index contributed by atoms with van der Waals surface area (Å²) < 4.78 is 7.95. The number of hydrogen-bond donors (Lipinski definition) is 1. The van der Waals surface area contributed by atoms with Gasteiger partial charge in [-0.2, -0.15) is 5.10 Å². The molecule has 0 aliphatic carbocycles. The van der Waals surface area contributed by atoms with Crippen molar-refractivity contribution < 1.29 is 14.6 Å². The van der Waals surface area contributed by atoms with Crippen molar-refractivity contribution >= 4 is 5.97 Å². The molecule has 0 bridgehead atoms. The number of nitrogens with zero attached hydrogens (tertiary/aromatic N) is 5. The zero-order valence-electron chi connectivity index (χ0n) is 12.6. The highest BCUT2D eigenvalue weighted by Crippen LogP contribution is 2.23. The smallest absolute Gasteiger partial charge is 0.360 e. The van der Waals surface area contributed by atoms with Crippen molar-refractivity contribution in [2.24, 2.45) is 7.05 Å². The highest BCUT2D eigenvalue weighted by Gasteiger charge is 2.24. The molecule has 0 amide bonds. The molecule has 2 aromatic rings. The first-order valence-electron chi connectivity index (χ1n) is 6.55. The number of carbonyl (C=O) groups is 1. The molecule has 2 aromatic heterocycles. The van der Waals surface area contributed by atoms with Crippen molar-refractivity contribution in [1.82, 2.24) is 24.8 Å². The van der Waals surface area contributed by atoms with E-state index in [4.69, 9.17) is 4.74 Å². The fraction of sp³-hybridized carbons (Fsp3) is 0.538. The van der Waals surface area contributed by atoms with Gasteiger partial charge in [-0.3, -0.25) is 4.68 Å². The van der Waals surface area contributed by atoms with Gasteiger partial charge in [-0.05, 0) is 20.3 Å². The molecular weight excluding hydrogens is 274 g/mol. The summed E-state index contributed by atoms with van der Waals surface area (Å²) in [5.41, 5.74) is 0.572. The van der Waals surface area contributed by atoms with Gasteiger partial charge in [-0.1, -0.05) is 5.21 Å². The Morgan fingerprint density at radius 3 is 2.71 bits per heavy atom. The van der Waals surface area contributed by atoms with Crippen molar-refractivity contribution in [3.05, 3.63) is 18.1 Å². The van der Waals surface area contributed by atoms with Gasteiger partial charge in [0.1, 0.15) is 5.69 Å². The standard InChI is InChI=1S/C13H19N5O3/c1-13(2,20)5-6-18-11(9-7-14-17(3)8-9)10(15-16-18)12(19)21-4/h7-8,20H,5-6H2,1-4H3. The third kappa shape index (κ3) is 3.46. The fourth-order valence-electron chi connectivity index (χ4n) is 1.91. The minimum Gasteiger partial charge on any atom is -0.464 e. The maximum absolute atomic E-state index is 11.8. The summed E-state index contributed by atoms with van der Waals surface area (Å²) in [6, 6.07) is 0. The van der Waals surface area contributed by atoms with Crippen LogP contribution in [0.5, 0.6) is 0 Å².